The topological polar surface area (TPSA) is 118 Å². The highest BCUT2D eigenvalue weighted by Gasteiger charge is 2.06. The van der Waals surface area contributed by atoms with Gasteiger partial charge in [-0.2, -0.15) is 0 Å². The molecule has 0 aliphatic rings. The predicted octanol–water partition coefficient (Wildman–Crippen LogP) is -0.763. The van der Waals surface area contributed by atoms with Crippen LogP contribution in [0.3, 0.4) is 0 Å². The molecule has 0 saturated heterocycles. The quantitative estimate of drug-likeness (QED) is 0.410. The minimum atomic E-state index is -0.907. The maximum absolute atomic E-state index is 10.2. The molecule has 2 amide bonds. The van der Waals surface area contributed by atoms with E-state index in [1.807, 2.05) is 0 Å². The Balaban J connectivity index is 3.31. The Labute approximate surface area is 76.3 Å². The molecule has 13 heavy (non-hydrogen) atoms. The molecule has 0 bridgehead atoms. The van der Waals surface area contributed by atoms with Crippen molar-refractivity contribution in [3.8, 4) is 0 Å². The molecule has 0 unspecified atom stereocenters. The second-order valence-electron chi connectivity index (χ2n) is 2.79. The van der Waals surface area contributed by atoms with Gasteiger partial charge in [0.1, 0.15) is 0 Å². The summed E-state index contributed by atoms with van der Waals surface area (Å²) in [7, 11) is 0. The van der Waals surface area contributed by atoms with Gasteiger partial charge in [0.25, 0.3) is 0 Å². The van der Waals surface area contributed by atoms with Gasteiger partial charge in [0.05, 0.1) is 6.42 Å². The van der Waals surface area contributed by atoms with Gasteiger partial charge in [-0.15, -0.1) is 0 Å². The molecule has 0 heterocycles. The number of carbonyl (C=O) groups excluding carboxylic acids is 1. The number of rotatable bonds is 6. The van der Waals surface area contributed by atoms with Gasteiger partial charge in [-0.25, -0.2) is 4.79 Å². The second kappa shape index (κ2) is 6.24. The van der Waals surface area contributed by atoms with Crippen molar-refractivity contribution >= 4 is 12.0 Å². The van der Waals surface area contributed by atoms with E-state index in [1.165, 1.54) is 0 Å². The number of primary amides is 1. The Kier molecular flexibility index (Phi) is 5.62. The van der Waals surface area contributed by atoms with E-state index < -0.39 is 12.0 Å². The van der Waals surface area contributed by atoms with E-state index in [2.05, 4.69) is 5.32 Å². The molecule has 6 N–H and O–H groups in total. The first kappa shape index (κ1) is 11.7. The fourth-order valence-corrected chi connectivity index (χ4v) is 0.902. The van der Waals surface area contributed by atoms with Crippen molar-refractivity contribution < 1.29 is 14.7 Å². The Morgan fingerprint density at radius 2 is 2.08 bits per heavy atom. The van der Waals surface area contributed by atoms with Crippen LogP contribution in [0.2, 0.25) is 0 Å². The molecule has 0 aliphatic carbocycles. The van der Waals surface area contributed by atoms with E-state index in [0.717, 1.165) is 0 Å². The Hall–Kier alpha value is -1.30. The fraction of sp³-hybridized carbons (Fsp3) is 0.714. The number of urea groups is 1. The molecule has 6 nitrogen and oxygen atoms in total. The third-order valence-corrected chi connectivity index (χ3v) is 1.49. The minimum Gasteiger partial charge on any atom is -0.481 e. The van der Waals surface area contributed by atoms with Crippen molar-refractivity contribution in [2.45, 2.75) is 25.3 Å². The zero-order valence-electron chi connectivity index (χ0n) is 7.32. The molecule has 0 fully saturated rings. The van der Waals surface area contributed by atoms with Crippen LogP contribution in [0.4, 0.5) is 4.79 Å². The maximum Gasteiger partial charge on any atom is 0.312 e. The van der Waals surface area contributed by atoms with Crippen LogP contribution in [0.15, 0.2) is 0 Å². The zero-order chi connectivity index (χ0) is 10.3. The van der Waals surface area contributed by atoms with Gasteiger partial charge in [-0.1, -0.05) is 0 Å². The number of aliphatic carboxylic acids is 1. The lowest BCUT2D eigenvalue weighted by atomic mass is 10.1. The number of nitrogens with two attached hydrogens (primary N) is 2. The summed E-state index contributed by atoms with van der Waals surface area (Å²) in [4.78, 5) is 20.4. The molecule has 6 heteroatoms. The van der Waals surface area contributed by atoms with Crippen molar-refractivity contribution in [2.24, 2.45) is 11.5 Å². The SMILES string of the molecule is NC(=O)NCCC[C@H](N)CC(=O)O. The highest BCUT2D eigenvalue weighted by atomic mass is 16.4. The molecular weight excluding hydrogens is 174 g/mol. The molecule has 0 aromatic carbocycles. The molecule has 0 aromatic heterocycles. The fourth-order valence-electron chi connectivity index (χ4n) is 0.902. The lowest BCUT2D eigenvalue weighted by Crippen LogP contribution is -2.31. The molecule has 0 spiro atoms. The van der Waals surface area contributed by atoms with E-state index in [1.54, 1.807) is 0 Å². The molecule has 0 radical (unpaired) electrons. The lowest BCUT2D eigenvalue weighted by Gasteiger charge is -2.07. The highest BCUT2D eigenvalue weighted by Crippen LogP contribution is 1.97. The summed E-state index contributed by atoms with van der Waals surface area (Å²) >= 11 is 0. The standard InChI is InChI=1S/C7H15N3O3/c8-5(4-6(11)12)2-1-3-10-7(9)13/h5H,1-4,8H2,(H,11,12)(H3,9,10,13)/t5-/m0/s1. The van der Waals surface area contributed by atoms with E-state index in [9.17, 15) is 9.59 Å². The highest BCUT2D eigenvalue weighted by molar-refractivity contribution is 5.71. The molecule has 0 saturated carbocycles. The first-order valence-corrected chi connectivity index (χ1v) is 4.03. The van der Waals surface area contributed by atoms with Crippen molar-refractivity contribution in [1.82, 2.24) is 5.32 Å². The monoisotopic (exact) mass is 189 g/mol. The van der Waals surface area contributed by atoms with E-state index in [4.69, 9.17) is 16.6 Å². The number of carboxylic acid groups (broad SMARTS) is 1. The van der Waals surface area contributed by atoms with Crippen molar-refractivity contribution in [1.29, 1.82) is 0 Å². The summed E-state index contributed by atoms with van der Waals surface area (Å²) in [5.74, 6) is -0.907. The van der Waals surface area contributed by atoms with Crippen LogP contribution in [-0.2, 0) is 4.79 Å². The van der Waals surface area contributed by atoms with Gasteiger partial charge in [0.15, 0.2) is 0 Å². The average molecular weight is 189 g/mol. The van der Waals surface area contributed by atoms with Gasteiger partial charge in [0.2, 0.25) is 0 Å². The molecule has 0 aliphatic heterocycles. The predicted molar refractivity (Wildman–Crippen MR) is 47.0 cm³/mol. The minimum absolute atomic E-state index is 0.0451. The van der Waals surface area contributed by atoms with Gasteiger partial charge in [0, 0.05) is 12.6 Å². The summed E-state index contributed by atoms with van der Waals surface area (Å²) < 4.78 is 0. The van der Waals surface area contributed by atoms with Crippen LogP contribution in [0.5, 0.6) is 0 Å². The number of nitrogens with one attached hydrogen (secondary N) is 1. The van der Waals surface area contributed by atoms with Crippen molar-refractivity contribution in [2.75, 3.05) is 6.54 Å². The van der Waals surface area contributed by atoms with Gasteiger partial charge in [-0.3, -0.25) is 4.79 Å². The van der Waals surface area contributed by atoms with E-state index in [0.29, 0.717) is 19.4 Å². The summed E-state index contributed by atoms with van der Waals surface area (Å²) in [6, 6.07) is -0.931. The largest absolute Gasteiger partial charge is 0.481 e. The maximum atomic E-state index is 10.2. The van der Waals surface area contributed by atoms with E-state index in [-0.39, 0.29) is 12.5 Å². The Morgan fingerprint density at radius 3 is 2.54 bits per heavy atom. The van der Waals surface area contributed by atoms with Crippen LogP contribution in [0.1, 0.15) is 19.3 Å². The Morgan fingerprint density at radius 1 is 1.46 bits per heavy atom. The second-order valence-corrected chi connectivity index (χ2v) is 2.79. The normalized spacial score (nSPS) is 12.1. The molecular formula is C7H15N3O3. The summed E-state index contributed by atoms with van der Waals surface area (Å²) in [6.07, 6.45) is 1.15. The Bertz CT molecular complexity index is 184. The first-order valence-electron chi connectivity index (χ1n) is 4.03. The van der Waals surface area contributed by atoms with E-state index >= 15 is 0 Å². The molecule has 0 aromatic rings. The first-order chi connectivity index (χ1) is 6.02. The average Bonchev–Trinajstić information content (AvgIpc) is 1.96. The van der Waals surface area contributed by atoms with Gasteiger partial charge >= 0.3 is 12.0 Å². The van der Waals surface area contributed by atoms with Crippen LogP contribution in [-0.4, -0.2) is 29.7 Å². The van der Waals surface area contributed by atoms with Crippen LogP contribution < -0.4 is 16.8 Å². The van der Waals surface area contributed by atoms with Crippen LogP contribution in [0, 0.1) is 0 Å². The van der Waals surface area contributed by atoms with Gasteiger partial charge < -0.3 is 21.9 Å². The zero-order valence-corrected chi connectivity index (χ0v) is 7.32. The summed E-state index contributed by atoms with van der Waals surface area (Å²) in [5.41, 5.74) is 10.3. The van der Waals surface area contributed by atoms with Gasteiger partial charge in [-0.05, 0) is 12.8 Å². The summed E-state index contributed by atoms with van der Waals surface area (Å²) in [6.45, 7) is 0.433. The third kappa shape index (κ3) is 8.61. The number of amides is 2. The third-order valence-electron chi connectivity index (χ3n) is 1.49. The lowest BCUT2D eigenvalue weighted by molar-refractivity contribution is -0.137. The smallest absolute Gasteiger partial charge is 0.312 e. The number of hydrogen-bond donors (Lipinski definition) is 4. The number of hydrogen-bond acceptors (Lipinski definition) is 3. The molecule has 0 rings (SSSR count). The number of carbonyl (C=O) groups is 2. The molecule has 76 valence electrons. The molecule has 1 atom stereocenters. The number of carboxylic acids is 1. The summed E-state index contributed by atoms with van der Waals surface area (Å²) in [5, 5.41) is 10.7. The van der Waals surface area contributed by atoms with Crippen molar-refractivity contribution in [3.63, 3.8) is 0 Å². The van der Waals surface area contributed by atoms with Crippen molar-refractivity contribution in [3.05, 3.63) is 0 Å². The van der Waals surface area contributed by atoms with Crippen LogP contribution in [0.25, 0.3) is 0 Å². The van der Waals surface area contributed by atoms with Crippen LogP contribution >= 0.6 is 0 Å².